The molecule has 2 heterocycles. The number of rotatable bonds is 3. The standard InChI is InChI=1S/C10H16N4O/c11-13-10-9(2-1-3-12-10)8-14-4-6-15-7-5-14/h1-3H,4-8,11H2,(H,12,13). The number of pyridine rings is 1. The third-order valence-corrected chi connectivity index (χ3v) is 2.53. The number of morpholine rings is 1. The highest BCUT2D eigenvalue weighted by atomic mass is 16.5. The molecule has 3 N–H and O–H groups in total. The van der Waals surface area contributed by atoms with Crippen LogP contribution in [0.4, 0.5) is 5.82 Å². The second-order valence-electron chi connectivity index (χ2n) is 3.54. The van der Waals surface area contributed by atoms with Crippen molar-refractivity contribution in [2.75, 3.05) is 31.7 Å². The molecule has 0 unspecified atom stereocenters. The first-order valence-corrected chi connectivity index (χ1v) is 5.11. The zero-order valence-corrected chi connectivity index (χ0v) is 8.65. The Morgan fingerprint density at radius 3 is 3.00 bits per heavy atom. The van der Waals surface area contributed by atoms with Gasteiger partial charge < -0.3 is 10.2 Å². The van der Waals surface area contributed by atoms with Gasteiger partial charge in [-0.25, -0.2) is 10.8 Å². The van der Waals surface area contributed by atoms with Crippen molar-refractivity contribution < 1.29 is 4.74 Å². The number of anilines is 1. The molecule has 1 aromatic heterocycles. The minimum atomic E-state index is 0.754. The van der Waals surface area contributed by atoms with Gasteiger partial charge in [0.15, 0.2) is 0 Å². The zero-order chi connectivity index (χ0) is 10.5. The summed E-state index contributed by atoms with van der Waals surface area (Å²) in [6, 6.07) is 3.97. The van der Waals surface area contributed by atoms with E-state index in [0.717, 1.165) is 44.2 Å². The van der Waals surface area contributed by atoms with Crippen molar-refractivity contribution in [2.24, 2.45) is 5.84 Å². The maximum Gasteiger partial charge on any atom is 0.144 e. The molecule has 5 heteroatoms. The van der Waals surface area contributed by atoms with Gasteiger partial charge in [0.25, 0.3) is 0 Å². The lowest BCUT2D eigenvalue weighted by Crippen LogP contribution is -2.36. The molecule has 2 rings (SSSR count). The van der Waals surface area contributed by atoms with E-state index >= 15 is 0 Å². The van der Waals surface area contributed by atoms with Gasteiger partial charge >= 0.3 is 0 Å². The smallest absolute Gasteiger partial charge is 0.144 e. The second kappa shape index (κ2) is 5.06. The Morgan fingerprint density at radius 1 is 1.47 bits per heavy atom. The average Bonchev–Trinajstić information content (AvgIpc) is 2.31. The van der Waals surface area contributed by atoms with E-state index in [9.17, 15) is 0 Å². The van der Waals surface area contributed by atoms with Gasteiger partial charge in [0.05, 0.1) is 13.2 Å². The molecular weight excluding hydrogens is 192 g/mol. The van der Waals surface area contributed by atoms with E-state index in [4.69, 9.17) is 10.6 Å². The third-order valence-electron chi connectivity index (χ3n) is 2.53. The molecule has 1 fully saturated rings. The fourth-order valence-electron chi connectivity index (χ4n) is 1.70. The Labute approximate surface area is 89.2 Å². The lowest BCUT2D eigenvalue weighted by atomic mass is 10.2. The van der Waals surface area contributed by atoms with Crippen molar-refractivity contribution in [3.05, 3.63) is 23.9 Å². The van der Waals surface area contributed by atoms with Crippen molar-refractivity contribution >= 4 is 5.82 Å². The summed E-state index contributed by atoms with van der Waals surface area (Å²) in [5, 5.41) is 0. The molecular formula is C10H16N4O. The number of hydrogen-bond donors (Lipinski definition) is 2. The van der Waals surface area contributed by atoms with Gasteiger partial charge in [-0.3, -0.25) is 4.90 Å². The minimum Gasteiger partial charge on any atom is -0.379 e. The van der Waals surface area contributed by atoms with Gasteiger partial charge in [0.1, 0.15) is 5.82 Å². The SMILES string of the molecule is NNc1ncccc1CN1CCOCC1. The predicted octanol–water partition coefficient (Wildman–Crippen LogP) is 0.199. The summed E-state index contributed by atoms with van der Waals surface area (Å²) < 4.78 is 5.30. The van der Waals surface area contributed by atoms with Crippen molar-refractivity contribution in [3.8, 4) is 0 Å². The van der Waals surface area contributed by atoms with Crippen molar-refractivity contribution in [1.82, 2.24) is 9.88 Å². The Hall–Kier alpha value is -1.17. The highest BCUT2D eigenvalue weighted by Gasteiger charge is 2.12. The molecule has 1 aliphatic heterocycles. The summed E-state index contributed by atoms with van der Waals surface area (Å²) in [5.74, 6) is 6.15. The first-order chi connectivity index (χ1) is 7.40. The molecule has 0 amide bonds. The van der Waals surface area contributed by atoms with E-state index in [1.165, 1.54) is 0 Å². The lowest BCUT2D eigenvalue weighted by Gasteiger charge is -2.26. The number of hydrazine groups is 1. The van der Waals surface area contributed by atoms with E-state index in [2.05, 4.69) is 15.3 Å². The number of nitrogens with two attached hydrogens (primary N) is 1. The quantitative estimate of drug-likeness (QED) is 0.549. The van der Waals surface area contributed by atoms with Crippen LogP contribution in [0.5, 0.6) is 0 Å². The molecule has 0 aromatic carbocycles. The molecule has 1 aliphatic rings. The van der Waals surface area contributed by atoms with Crippen molar-refractivity contribution in [1.29, 1.82) is 0 Å². The number of aromatic nitrogens is 1. The van der Waals surface area contributed by atoms with Crippen LogP contribution in [0.25, 0.3) is 0 Å². The monoisotopic (exact) mass is 208 g/mol. The summed E-state index contributed by atoms with van der Waals surface area (Å²) in [4.78, 5) is 6.50. The summed E-state index contributed by atoms with van der Waals surface area (Å²) in [5.41, 5.74) is 3.74. The van der Waals surface area contributed by atoms with Gasteiger partial charge in [0.2, 0.25) is 0 Å². The molecule has 0 aliphatic carbocycles. The van der Waals surface area contributed by atoms with E-state index < -0.39 is 0 Å². The van der Waals surface area contributed by atoms with Crippen LogP contribution in [0.3, 0.4) is 0 Å². The van der Waals surface area contributed by atoms with Crippen LogP contribution >= 0.6 is 0 Å². The van der Waals surface area contributed by atoms with Crippen LogP contribution in [-0.2, 0) is 11.3 Å². The van der Waals surface area contributed by atoms with Crippen LogP contribution in [-0.4, -0.2) is 36.2 Å². The maximum atomic E-state index is 5.40. The summed E-state index contributed by atoms with van der Waals surface area (Å²) in [6.45, 7) is 4.44. The van der Waals surface area contributed by atoms with Crippen molar-refractivity contribution in [3.63, 3.8) is 0 Å². The van der Waals surface area contributed by atoms with Gasteiger partial charge in [-0.2, -0.15) is 0 Å². The van der Waals surface area contributed by atoms with Crippen LogP contribution in [0.1, 0.15) is 5.56 Å². The normalized spacial score (nSPS) is 17.7. The van der Waals surface area contributed by atoms with Gasteiger partial charge in [0, 0.05) is 31.4 Å². The van der Waals surface area contributed by atoms with Crippen LogP contribution in [0.15, 0.2) is 18.3 Å². The van der Waals surface area contributed by atoms with Gasteiger partial charge in [-0.05, 0) is 6.07 Å². The van der Waals surface area contributed by atoms with Crippen molar-refractivity contribution in [2.45, 2.75) is 6.54 Å². The highest BCUT2D eigenvalue weighted by molar-refractivity contribution is 5.42. The first-order valence-electron chi connectivity index (χ1n) is 5.11. The van der Waals surface area contributed by atoms with E-state index in [1.54, 1.807) is 6.20 Å². The Morgan fingerprint density at radius 2 is 2.27 bits per heavy atom. The Bertz CT molecular complexity index is 312. The Balaban J connectivity index is 2.02. The molecule has 5 nitrogen and oxygen atoms in total. The topological polar surface area (TPSA) is 63.4 Å². The Kier molecular flexibility index (Phi) is 3.49. The first kappa shape index (κ1) is 10.4. The van der Waals surface area contributed by atoms with E-state index in [0.29, 0.717) is 0 Å². The number of nitrogen functional groups attached to an aromatic ring is 1. The fourth-order valence-corrected chi connectivity index (χ4v) is 1.70. The molecule has 1 aromatic rings. The summed E-state index contributed by atoms with van der Waals surface area (Å²) >= 11 is 0. The number of nitrogens with zero attached hydrogens (tertiary/aromatic N) is 2. The second-order valence-corrected chi connectivity index (χ2v) is 3.54. The van der Waals surface area contributed by atoms with E-state index in [1.807, 2.05) is 12.1 Å². The largest absolute Gasteiger partial charge is 0.379 e. The average molecular weight is 208 g/mol. The third kappa shape index (κ3) is 2.65. The number of ether oxygens (including phenoxy) is 1. The molecule has 1 saturated heterocycles. The van der Waals surface area contributed by atoms with Crippen LogP contribution in [0.2, 0.25) is 0 Å². The number of nitrogens with one attached hydrogen (secondary N) is 1. The molecule has 82 valence electrons. The zero-order valence-electron chi connectivity index (χ0n) is 8.65. The molecule has 0 radical (unpaired) electrons. The highest BCUT2D eigenvalue weighted by Crippen LogP contribution is 2.13. The molecule has 0 atom stereocenters. The molecule has 0 bridgehead atoms. The van der Waals surface area contributed by atoms with Gasteiger partial charge in [-0.1, -0.05) is 6.07 Å². The summed E-state index contributed by atoms with van der Waals surface area (Å²) in [6.07, 6.45) is 1.73. The van der Waals surface area contributed by atoms with Crippen LogP contribution < -0.4 is 11.3 Å². The van der Waals surface area contributed by atoms with Gasteiger partial charge in [-0.15, -0.1) is 0 Å². The molecule has 0 spiro atoms. The van der Waals surface area contributed by atoms with E-state index in [-0.39, 0.29) is 0 Å². The fraction of sp³-hybridized carbons (Fsp3) is 0.500. The predicted molar refractivity (Wildman–Crippen MR) is 58.1 cm³/mol. The van der Waals surface area contributed by atoms with Crippen LogP contribution in [0, 0.1) is 0 Å². The maximum absolute atomic E-state index is 5.40. The number of hydrogen-bond acceptors (Lipinski definition) is 5. The molecule has 15 heavy (non-hydrogen) atoms. The molecule has 0 saturated carbocycles. The minimum absolute atomic E-state index is 0.754. The summed E-state index contributed by atoms with van der Waals surface area (Å²) in [7, 11) is 0. The lowest BCUT2D eigenvalue weighted by molar-refractivity contribution is 0.0342.